The van der Waals surface area contributed by atoms with Crippen LogP contribution in [0.4, 0.5) is 0 Å². The number of rotatable bonds is 7. The lowest BCUT2D eigenvalue weighted by Crippen LogP contribution is -2.18. The molecule has 1 aromatic heterocycles. The van der Waals surface area contributed by atoms with E-state index in [4.69, 9.17) is 23.8 Å². The van der Waals surface area contributed by atoms with Gasteiger partial charge in [-0.15, -0.1) is 0 Å². The maximum absolute atomic E-state index is 12.8. The molecule has 0 aliphatic rings. The van der Waals surface area contributed by atoms with Gasteiger partial charge in [0.25, 0.3) is 0 Å². The second kappa shape index (κ2) is 8.43. The molecule has 1 N–H and O–H groups in total. The Hall–Kier alpha value is -1.54. The first kappa shape index (κ1) is 19.2. The third-order valence-electron chi connectivity index (χ3n) is 3.93. The van der Waals surface area contributed by atoms with E-state index in [0.29, 0.717) is 15.4 Å². The van der Waals surface area contributed by atoms with Gasteiger partial charge in [-0.3, -0.25) is 5.10 Å². The number of halogens is 1. The zero-order valence-electron chi connectivity index (χ0n) is 13.8. The monoisotopic (exact) mass is 424 g/mol. The molecule has 4 nitrogen and oxygen atoms in total. The first-order valence-corrected chi connectivity index (χ1v) is 11.4. The molecular formula is C18H17ClN2O2S3. The Bertz CT molecular complexity index is 1010. The van der Waals surface area contributed by atoms with Crippen molar-refractivity contribution in [1.29, 1.82) is 0 Å². The van der Waals surface area contributed by atoms with Crippen LogP contribution in [0.15, 0.2) is 54.6 Å². The third-order valence-corrected chi connectivity index (χ3v) is 6.98. The van der Waals surface area contributed by atoms with E-state index in [0.717, 1.165) is 16.1 Å². The Balaban J connectivity index is 1.82. The second-order valence-corrected chi connectivity index (χ2v) is 10.3. The highest BCUT2D eigenvalue weighted by molar-refractivity contribution is 7.90. The van der Waals surface area contributed by atoms with E-state index in [-0.39, 0.29) is 17.4 Å². The first-order valence-electron chi connectivity index (χ1n) is 7.95. The predicted octanol–water partition coefficient (Wildman–Crippen LogP) is 4.80. The minimum Gasteiger partial charge on any atom is -0.258 e. The smallest absolute Gasteiger partial charge is 0.176 e. The summed E-state index contributed by atoms with van der Waals surface area (Å²) >= 11 is 12.3. The summed E-state index contributed by atoms with van der Waals surface area (Å²) in [6, 6.07) is 16.6. The fourth-order valence-electron chi connectivity index (χ4n) is 2.76. The number of nitrogens with one attached hydrogen (secondary N) is 1. The Kier molecular flexibility index (Phi) is 6.24. The molecule has 8 heteroatoms. The van der Waals surface area contributed by atoms with Crippen LogP contribution in [-0.4, -0.2) is 24.4 Å². The van der Waals surface area contributed by atoms with E-state index in [1.165, 1.54) is 11.3 Å². The van der Waals surface area contributed by atoms with Crippen LogP contribution in [0.2, 0.25) is 5.02 Å². The molecule has 0 fully saturated rings. The van der Waals surface area contributed by atoms with Gasteiger partial charge in [0, 0.05) is 17.4 Å². The first-order chi connectivity index (χ1) is 12.4. The van der Waals surface area contributed by atoms with Crippen molar-refractivity contribution in [2.24, 2.45) is 0 Å². The minimum absolute atomic E-state index is 0.0101. The fraction of sp³-hybridized carbons (Fsp3) is 0.222. The zero-order chi connectivity index (χ0) is 18.6. The number of H-pyrrole nitrogens is 1. The van der Waals surface area contributed by atoms with Gasteiger partial charge in [0.2, 0.25) is 0 Å². The number of sulfone groups is 1. The molecule has 0 spiro atoms. The molecule has 1 atom stereocenters. The minimum atomic E-state index is -3.31. The SMILES string of the molecule is O=S(=O)(Cc1ccc(Cl)cc1)CC(Cc1n[nH]c(=S)s1)c1ccccc1. The van der Waals surface area contributed by atoms with Crippen LogP contribution in [0.1, 0.15) is 22.1 Å². The molecule has 0 aliphatic heterocycles. The van der Waals surface area contributed by atoms with E-state index in [2.05, 4.69) is 10.2 Å². The normalized spacial score (nSPS) is 12.8. The largest absolute Gasteiger partial charge is 0.258 e. The van der Waals surface area contributed by atoms with Crippen LogP contribution < -0.4 is 0 Å². The van der Waals surface area contributed by atoms with Crippen LogP contribution in [0.5, 0.6) is 0 Å². The van der Waals surface area contributed by atoms with Crippen LogP contribution in [0.3, 0.4) is 0 Å². The van der Waals surface area contributed by atoms with Crippen LogP contribution in [-0.2, 0) is 22.0 Å². The molecule has 0 aliphatic carbocycles. The quantitative estimate of drug-likeness (QED) is 0.553. The molecule has 136 valence electrons. The second-order valence-electron chi connectivity index (χ2n) is 6.00. The van der Waals surface area contributed by atoms with Gasteiger partial charge in [0.05, 0.1) is 11.5 Å². The van der Waals surface area contributed by atoms with Gasteiger partial charge in [-0.05, 0) is 35.5 Å². The highest BCUT2D eigenvalue weighted by atomic mass is 35.5. The Morgan fingerprint density at radius 1 is 1.12 bits per heavy atom. The van der Waals surface area contributed by atoms with E-state index in [1.807, 2.05) is 30.3 Å². The van der Waals surface area contributed by atoms with Crippen molar-refractivity contribution in [3.8, 4) is 0 Å². The lowest BCUT2D eigenvalue weighted by atomic mass is 9.98. The molecule has 3 aromatic rings. The van der Waals surface area contributed by atoms with E-state index in [1.54, 1.807) is 24.3 Å². The Morgan fingerprint density at radius 2 is 1.81 bits per heavy atom. The van der Waals surface area contributed by atoms with Crippen molar-refractivity contribution in [1.82, 2.24) is 10.2 Å². The number of hydrogen-bond acceptors (Lipinski definition) is 5. The van der Waals surface area contributed by atoms with Crippen LogP contribution in [0.25, 0.3) is 0 Å². The maximum atomic E-state index is 12.8. The molecule has 3 rings (SSSR count). The van der Waals surface area contributed by atoms with Gasteiger partial charge in [0.15, 0.2) is 13.8 Å². The van der Waals surface area contributed by atoms with Gasteiger partial charge < -0.3 is 0 Å². The Labute approximate surface area is 166 Å². The predicted molar refractivity (Wildman–Crippen MR) is 109 cm³/mol. The summed E-state index contributed by atoms with van der Waals surface area (Å²) in [6.07, 6.45) is 0.529. The zero-order valence-corrected chi connectivity index (χ0v) is 17.0. The summed E-state index contributed by atoms with van der Waals surface area (Å²) in [5, 5.41) is 8.34. The van der Waals surface area contributed by atoms with E-state index < -0.39 is 9.84 Å². The highest BCUT2D eigenvalue weighted by Gasteiger charge is 2.23. The summed E-state index contributed by atoms with van der Waals surface area (Å²) in [5.41, 5.74) is 1.71. The fourth-order valence-corrected chi connectivity index (χ4v) is 5.64. The van der Waals surface area contributed by atoms with Gasteiger partial charge in [-0.1, -0.05) is 65.4 Å². The molecule has 0 bridgehead atoms. The van der Waals surface area contributed by atoms with Crippen molar-refractivity contribution < 1.29 is 8.42 Å². The topological polar surface area (TPSA) is 62.8 Å². The van der Waals surface area contributed by atoms with Crippen molar-refractivity contribution in [2.45, 2.75) is 18.1 Å². The van der Waals surface area contributed by atoms with Gasteiger partial charge in [0.1, 0.15) is 5.01 Å². The highest BCUT2D eigenvalue weighted by Crippen LogP contribution is 2.25. The Morgan fingerprint density at radius 3 is 2.42 bits per heavy atom. The standard InChI is InChI=1S/C18H17ClN2O2S3/c19-16-8-6-13(7-9-16)11-26(22,23)12-15(14-4-2-1-3-5-14)10-17-20-21-18(24)25-17/h1-9,15H,10-12H2,(H,21,24). The lowest BCUT2D eigenvalue weighted by molar-refractivity contribution is 0.585. The van der Waals surface area contributed by atoms with Crippen LogP contribution in [0, 0.1) is 3.95 Å². The summed E-state index contributed by atoms with van der Waals surface area (Å²) in [4.78, 5) is 0. The molecular weight excluding hydrogens is 408 g/mol. The van der Waals surface area contributed by atoms with Crippen molar-refractivity contribution in [3.05, 3.63) is 79.7 Å². The number of nitrogens with zero attached hydrogens (tertiary/aromatic N) is 1. The summed E-state index contributed by atoms with van der Waals surface area (Å²) in [6.45, 7) is 0. The number of aromatic nitrogens is 2. The molecule has 26 heavy (non-hydrogen) atoms. The van der Waals surface area contributed by atoms with Crippen molar-refractivity contribution in [2.75, 3.05) is 5.75 Å². The summed E-state index contributed by atoms with van der Waals surface area (Å²) in [5.74, 6) is -0.141. The van der Waals surface area contributed by atoms with Crippen LogP contribution >= 0.6 is 35.2 Å². The average Bonchev–Trinajstić information content (AvgIpc) is 3.02. The molecule has 0 saturated carbocycles. The van der Waals surface area contributed by atoms with Gasteiger partial charge in [-0.2, -0.15) is 5.10 Å². The lowest BCUT2D eigenvalue weighted by Gasteiger charge is -2.16. The molecule has 1 unspecified atom stereocenters. The number of hydrogen-bond donors (Lipinski definition) is 1. The molecule has 1 heterocycles. The van der Waals surface area contributed by atoms with Crippen molar-refractivity contribution in [3.63, 3.8) is 0 Å². The summed E-state index contributed by atoms with van der Waals surface area (Å²) < 4.78 is 26.2. The van der Waals surface area contributed by atoms with E-state index in [9.17, 15) is 8.42 Å². The molecule has 2 aromatic carbocycles. The molecule has 0 amide bonds. The average molecular weight is 425 g/mol. The van der Waals surface area contributed by atoms with Gasteiger partial charge in [-0.25, -0.2) is 8.42 Å². The van der Waals surface area contributed by atoms with E-state index >= 15 is 0 Å². The molecule has 0 saturated heterocycles. The van der Waals surface area contributed by atoms with Gasteiger partial charge >= 0.3 is 0 Å². The van der Waals surface area contributed by atoms with Crippen molar-refractivity contribution >= 4 is 45.0 Å². The third kappa shape index (κ3) is 5.48. The number of aromatic amines is 1. The molecule has 0 radical (unpaired) electrons. The maximum Gasteiger partial charge on any atom is 0.176 e. The number of benzene rings is 2. The summed E-state index contributed by atoms with van der Waals surface area (Å²) in [7, 11) is -3.31.